The first-order chi connectivity index (χ1) is 72.4. The molecule has 0 N–H and O–H groups in total. The highest BCUT2D eigenvalue weighted by atomic mass is 35.5. The minimum absolute atomic E-state index is 0.00875. The topological polar surface area (TPSA) is 259 Å². The second-order valence-corrected chi connectivity index (χ2v) is 40.2. The van der Waals surface area contributed by atoms with Gasteiger partial charge in [0.15, 0.2) is 28.9 Å². The van der Waals surface area contributed by atoms with Gasteiger partial charge in [0.2, 0.25) is 0 Å². The molecule has 7 heterocycles. The Labute approximate surface area is 886 Å². The van der Waals surface area contributed by atoms with Gasteiger partial charge in [-0.05, 0) is 173 Å². The van der Waals surface area contributed by atoms with Gasteiger partial charge in [-0.3, -0.25) is 78.0 Å². The number of benzene rings is 13. The number of likely N-dealkylation sites (N-methyl/N-ethyl adjacent to an activating group) is 7. The zero-order chi connectivity index (χ0) is 106. The van der Waals surface area contributed by atoms with Gasteiger partial charge in [-0.1, -0.05) is 311 Å². The van der Waals surface area contributed by atoms with Crippen molar-refractivity contribution >= 4 is 68.5 Å². The summed E-state index contributed by atoms with van der Waals surface area (Å²) in [5, 5.41) is 13.6. The summed E-state index contributed by atoms with van der Waals surface area (Å²) in [5.74, 6) is 1.80. The zero-order valence-electron chi connectivity index (χ0n) is 87.4. The van der Waals surface area contributed by atoms with E-state index in [2.05, 4.69) is 101 Å². The van der Waals surface area contributed by atoms with Crippen molar-refractivity contribution in [1.82, 2.24) is 34.3 Å². The maximum Gasteiger partial charge on any atom is 0.269 e. The molecule has 7 saturated heterocycles. The Morgan fingerprint density at radius 3 is 0.773 bits per heavy atom. The van der Waals surface area contributed by atoms with Crippen LogP contribution in [-0.2, 0) is 42.7 Å². The van der Waals surface area contributed by atoms with Crippen molar-refractivity contribution in [3.05, 3.63) is 440 Å². The largest absolute Gasteiger partial charge is 0.497 e. The minimum Gasteiger partial charge on any atom is -0.497 e. The third-order valence-electron chi connectivity index (χ3n) is 28.4. The summed E-state index contributed by atoms with van der Waals surface area (Å²) < 4.78 is 46.1. The molecule has 0 aromatic heterocycles. The van der Waals surface area contributed by atoms with Crippen molar-refractivity contribution in [2.75, 3.05) is 103 Å². The number of carbonyl (C=O) groups excluding carboxylic acids is 7. The van der Waals surface area contributed by atoms with Gasteiger partial charge in [0.25, 0.3) is 5.69 Å². The van der Waals surface area contributed by atoms with E-state index in [1.54, 1.807) is 38.3 Å². The molecule has 7 aliphatic heterocycles. The van der Waals surface area contributed by atoms with Crippen LogP contribution in [0, 0.1) is 15.5 Å². The fraction of sp³-hybridized carbons (Fsp3) is 0.331. The van der Waals surface area contributed by atoms with Crippen molar-refractivity contribution in [3.8, 4) is 5.75 Å². The maximum atomic E-state index is 12.8. The fourth-order valence-corrected chi connectivity index (χ4v) is 19.3. The lowest BCUT2D eigenvalue weighted by Gasteiger charge is -2.25. The number of carbonyl (C=O) groups is 7. The molecule has 782 valence electrons. The second kappa shape index (κ2) is 55.0. The standard InChI is InChI=1S/C22H21NO2.C19H21NO3.C18H18ClNO2.C18H18N2O4.C18H19NO2.C16H23NO2.C13H17NO2/c1-23-20(15-25-22(23)17-8-3-2-4-9-17)14-21(24)19-12-11-16-7-5-6-10-18(16)13-19;1-20-16(13-23-19(20)15-6-4-3-5-7-15)12-18(21)14-8-10-17(22-2)11-9-14;1-20-16(11-17(21)13-7-9-15(19)10-8-13)12-22-18(20)14-5-3-2-4-6-14;1-19-16(12-24-18(19)14-5-3-2-4-6-14)11-17(21)13-7-9-15(10-8-13)20(22)23;1-19-16(12-17(20)14-8-4-2-5-9-14)13-21-18(19)15-10-6-3-7-11-15;1-16(2,3)14(18)10-13-11-19-15(17(13)4)12-8-6-5-7-9-12;1-10(15)8-12-9-16-13(14(12)2)11-6-4-3-5-7-11/h2-13,20,22H,14-15H2,1H3;3-11,16,19H,12-13H2,1-2H3;2-10,16,18H,11-12H2,1H3;2-10,16,18H,11-12H2,1H3;2-11,16,18H,12-13H2,1H3;5-9,13,15H,10-11H2,1-4H3;3-7,12-13H,8-9H2,1-2H3/t20-,22+;16-,19+;3*16-,18+;13-,15+;12-,13+/m1111111/s1. The summed E-state index contributed by atoms with van der Waals surface area (Å²) in [4.78, 5) is 111. The number of nitro benzene ring substituents is 1. The second-order valence-electron chi connectivity index (χ2n) is 39.8. The molecule has 13 aromatic carbocycles. The number of non-ortho nitro benzene ring substituents is 1. The van der Waals surface area contributed by atoms with Gasteiger partial charge in [0.05, 0.1) is 58.3 Å². The number of hydrogen-bond acceptors (Lipinski definition) is 24. The monoisotopic (exact) mass is 2040 g/mol. The Hall–Kier alpha value is -13.3. The van der Waals surface area contributed by atoms with Gasteiger partial charge in [-0.2, -0.15) is 0 Å². The Balaban J connectivity index is 0.000000138. The summed E-state index contributed by atoms with van der Waals surface area (Å²) in [5.41, 5.74) is 11.0. The molecule has 0 unspecified atom stereocenters. The summed E-state index contributed by atoms with van der Waals surface area (Å²) in [6.45, 7) is 11.6. The van der Waals surface area contributed by atoms with Gasteiger partial charge in [-0.25, -0.2) is 0 Å². The maximum absolute atomic E-state index is 12.8. The van der Waals surface area contributed by atoms with Crippen LogP contribution < -0.4 is 4.74 Å². The van der Waals surface area contributed by atoms with Gasteiger partial charge in [-0.15, -0.1) is 0 Å². The van der Waals surface area contributed by atoms with Crippen LogP contribution in [0.15, 0.2) is 358 Å². The Kier molecular flexibility index (Phi) is 41.2. The molecule has 13 aromatic rings. The van der Waals surface area contributed by atoms with Crippen molar-refractivity contribution in [1.29, 1.82) is 0 Å². The van der Waals surface area contributed by atoms with Crippen LogP contribution >= 0.6 is 11.6 Å². The van der Waals surface area contributed by atoms with Gasteiger partial charge < -0.3 is 37.9 Å². The molecule has 20 rings (SSSR count). The summed E-state index contributed by atoms with van der Waals surface area (Å²) in [6.07, 6.45) is 2.83. The van der Waals surface area contributed by atoms with Crippen molar-refractivity contribution in [2.24, 2.45) is 5.41 Å². The molecular formula is C124H137ClN8O17. The van der Waals surface area contributed by atoms with Gasteiger partial charge in [0, 0.05) is 138 Å². The smallest absolute Gasteiger partial charge is 0.269 e. The highest BCUT2D eigenvalue weighted by Crippen LogP contribution is 2.40. The van der Waals surface area contributed by atoms with Crippen LogP contribution in [-0.4, -0.2) is 225 Å². The summed E-state index contributed by atoms with van der Waals surface area (Å²) >= 11 is 5.86. The minimum atomic E-state index is -0.475. The normalized spacial score (nSPS) is 22.3. The number of nitro groups is 1. The lowest BCUT2D eigenvalue weighted by Crippen LogP contribution is -2.34. The van der Waals surface area contributed by atoms with E-state index in [-0.39, 0.29) is 132 Å². The molecule has 0 saturated carbocycles. The SMILES string of the molecule is CC(=O)C[C@@H]1CO[C@@H](c2ccccc2)N1C.CN1[C@H](CC(=O)C(C)(C)C)CO[C@H]1c1ccccc1.CN1[C@H](CC(=O)c2ccc(Cl)cc2)CO[C@H]1c1ccccc1.CN1[C@H](CC(=O)c2ccc([N+](=O)[O-])cc2)CO[C@H]1c1ccccc1.CN1[C@H](CC(=O)c2ccc3ccccc3c2)CO[C@H]1c1ccccc1.CN1[C@H](CC(=O)c2ccccc2)CO[C@H]1c1ccccc1.COc1ccc(C(=O)C[C@@H]2CO[C@@H](c3ccccc3)N2C)cc1. The average Bonchev–Trinajstić information content (AvgIpc) is 1.57. The van der Waals surface area contributed by atoms with E-state index >= 15 is 0 Å². The molecule has 0 spiro atoms. The first-order valence-corrected chi connectivity index (χ1v) is 51.4. The molecule has 26 heteroatoms. The molecule has 150 heavy (non-hydrogen) atoms. The number of rotatable bonds is 28. The molecule has 25 nitrogen and oxygen atoms in total. The van der Waals surface area contributed by atoms with Crippen molar-refractivity contribution in [3.63, 3.8) is 0 Å². The van der Waals surface area contributed by atoms with Crippen molar-refractivity contribution in [2.45, 2.75) is 159 Å². The quantitative estimate of drug-likeness (QED) is 0.0251. The molecule has 0 aliphatic carbocycles. The fourth-order valence-electron chi connectivity index (χ4n) is 19.1. The Bertz CT molecular complexity index is 6500. The van der Waals surface area contributed by atoms with E-state index in [0.717, 1.165) is 66.6 Å². The van der Waals surface area contributed by atoms with Crippen LogP contribution in [0.25, 0.3) is 10.8 Å². The molecule has 0 radical (unpaired) electrons. The van der Waals surface area contributed by atoms with Crippen LogP contribution in [0.3, 0.4) is 0 Å². The number of ether oxygens (including phenoxy) is 8. The number of ketones is 7. The van der Waals surface area contributed by atoms with Crippen LogP contribution in [0.1, 0.15) is 207 Å². The van der Waals surface area contributed by atoms with E-state index in [9.17, 15) is 43.7 Å². The van der Waals surface area contributed by atoms with E-state index < -0.39 is 4.92 Å². The first kappa shape index (κ1) is 112. The van der Waals surface area contributed by atoms with Crippen molar-refractivity contribution < 1.29 is 76.4 Å². The number of methoxy groups -OCH3 is 1. The number of halogens is 1. The Morgan fingerprint density at radius 1 is 0.293 bits per heavy atom. The molecular weight excluding hydrogens is 1910 g/mol. The first-order valence-electron chi connectivity index (χ1n) is 51.0. The molecule has 7 fully saturated rings. The Morgan fingerprint density at radius 2 is 0.513 bits per heavy atom. The highest BCUT2D eigenvalue weighted by molar-refractivity contribution is 6.30. The molecule has 0 amide bonds. The molecule has 14 atom stereocenters. The van der Waals surface area contributed by atoms with E-state index in [1.807, 2.05) is 313 Å². The van der Waals surface area contributed by atoms with E-state index in [4.69, 9.17) is 49.5 Å². The predicted molar refractivity (Wildman–Crippen MR) is 584 cm³/mol. The summed E-state index contributed by atoms with van der Waals surface area (Å²) in [6, 6.07) is 115. The number of Topliss-reactive ketones (excluding diaryl/α,β-unsaturated/α-hetero) is 7. The van der Waals surface area contributed by atoms with Crippen LogP contribution in [0.4, 0.5) is 5.69 Å². The molecule has 0 bridgehead atoms. The third kappa shape index (κ3) is 30.8. The highest BCUT2D eigenvalue weighted by Gasteiger charge is 2.42. The number of fused-ring (bicyclic) bond motifs is 1. The van der Waals surface area contributed by atoms with Crippen LogP contribution in [0.2, 0.25) is 5.02 Å². The predicted octanol–water partition coefficient (Wildman–Crippen LogP) is 23.2. The zero-order valence-corrected chi connectivity index (χ0v) is 88.2. The lowest BCUT2D eigenvalue weighted by atomic mass is 9.87. The lowest BCUT2D eigenvalue weighted by molar-refractivity contribution is -0.384. The van der Waals surface area contributed by atoms with Gasteiger partial charge >= 0.3 is 0 Å². The van der Waals surface area contributed by atoms with Crippen LogP contribution in [0.5, 0.6) is 5.75 Å². The third-order valence-corrected chi connectivity index (χ3v) is 28.6. The number of nitrogens with zero attached hydrogens (tertiary/aromatic N) is 8. The van der Waals surface area contributed by atoms with E-state index in [1.165, 1.54) is 24.3 Å². The van der Waals surface area contributed by atoms with E-state index in [0.29, 0.717) is 119 Å². The summed E-state index contributed by atoms with van der Waals surface area (Å²) in [7, 11) is 15.7. The molecule has 7 aliphatic rings. The van der Waals surface area contributed by atoms with Gasteiger partial charge in [0.1, 0.15) is 60.9 Å². The number of hydrogen-bond donors (Lipinski definition) is 0. The average molecular weight is 2050 g/mol.